The Bertz CT molecular complexity index is 434. The van der Waals surface area contributed by atoms with Crippen molar-refractivity contribution < 1.29 is 19.1 Å². The summed E-state index contributed by atoms with van der Waals surface area (Å²) in [5, 5.41) is 0. The van der Waals surface area contributed by atoms with Gasteiger partial charge in [-0.05, 0) is 19.4 Å². The topological polar surface area (TPSA) is 57.5 Å². The zero-order valence-electron chi connectivity index (χ0n) is 10.6. The molecule has 0 fully saturated rings. The second kappa shape index (κ2) is 5.52. The van der Waals surface area contributed by atoms with Crippen molar-refractivity contribution in [3.8, 4) is 0 Å². The minimum atomic E-state index is -0.428. The molecule has 0 atom stereocenters. The molecule has 0 aromatic carbocycles. The van der Waals surface area contributed by atoms with Gasteiger partial charge in [0.1, 0.15) is 0 Å². The Labute approximate surface area is 100 Å². The molecule has 0 aliphatic carbocycles. The molecule has 0 amide bonds. The molecule has 0 aliphatic rings. The summed E-state index contributed by atoms with van der Waals surface area (Å²) in [7, 11) is 3.11. The maximum Gasteiger partial charge on any atom is 0.339 e. The van der Waals surface area contributed by atoms with E-state index in [9.17, 15) is 9.59 Å². The van der Waals surface area contributed by atoms with Crippen LogP contribution < -0.4 is 0 Å². The summed E-state index contributed by atoms with van der Waals surface area (Å²) in [6.45, 7) is 3.88. The summed E-state index contributed by atoms with van der Waals surface area (Å²) in [5.74, 6) is -0.777. The monoisotopic (exact) mass is 239 g/mol. The fraction of sp³-hybridized carbons (Fsp3) is 0.500. The molecule has 1 aromatic rings. The van der Waals surface area contributed by atoms with Crippen molar-refractivity contribution in [3.63, 3.8) is 0 Å². The molecule has 5 heteroatoms. The van der Waals surface area contributed by atoms with E-state index in [1.54, 1.807) is 31.7 Å². The van der Waals surface area contributed by atoms with Crippen LogP contribution >= 0.6 is 0 Å². The maximum absolute atomic E-state index is 11.6. The summed E-state index contributed by atoms with van der Waals surface area (Å²) < 4.78 is 11.3. The van der Waals surface area contributed by atoms with Crippen molar-refractivity contribution in [3.05, 3.63) is 23.0 Å². The van der Waals surface area contributed by atoms with Gasteiger partial charge >= 0.3 is 11.9 Å². The molecule has 0 radical (unpaired) electrons. The fourth-order valence-corrected chi connectivity index (χ4v) is 1.78. The van der Waals surface area contributed by atoms with E-state index in [0.29, 0.717) is 17.9 Å². The molecule has 0 spiro atoms. The van der Waals surface area contributed by atoms with Crippen molar-refractivity contribution in [1.29, 1.82) is 0 Å². The van der Waals surface area contributed by atoms with Crippen LogP contribution in [-0.4, -0.2) is 30.2 Å². The number of methoxy groups -OCH3 is 1. The van der Waals surface area contributed by atoms with E-state index < -0.39 is 5.97 Å². The van der Waals surface area contributed by atoms with Gasteiger partial charge < -0.3 is 14.0 Å². The van der Waals surface area contributed by atoms with E-state index in [2.05, 4.69) is 0 Å². The molecule has 1 aromatic heterocycles. The van der Waals surface area contributed by atoms with Gasteiger partial charge in [0.15, 0.2) is 0 Å². The number of ether oxygens (including phenoxy) is 2. The van der Waals surface area contributed by atoms with E-state index >= 15 is 0 Å². The van der Waals surface area contributed by atoms with Crippen molar-refractivity contribution in [2.45, 2.75) is 20.3 Å². The molecule has 0 bridgehead atoms. The molecule has 0 unspecified atom stereocenters. The predicted octanol–water partition coefficient (Wildman–Crippen LogP) is 1.23. The number of aryl methyl sites for hydroxylation is 2. The van der Waals surface area contributed by atoms with Crippen molar-refractivity contribution in [2.75, 3.05) is 13.7 Å². The van der Waals surface area contributed by atoms with Crippen LogP contribution in [0, 0.1) is 6.92 Å². The maximum atomic E-state index is 11.6. The molecule has 5 nitrogen and oxygen atoms in total. The summed E-state index contributed by atoms with van der Waals surface area (Å²) >= 11 is 0. The van der Waals surface area contributed by atoms with Crippen molar-refractivity contribution in [1.82, 2.24) is 4.57 Å². The highest BCUT2D eigenvalue weighted by Gasteiger charge is 2.21. The Kier molecular flexibility index (Phi) is 4.31. The number of hydrogen-bond donors (Lipinski definition) is 0. The minimum Gasteiger partial charge on any atom is -0.466 e. The average Bonchev–Trinajstić information content (AvgIpc) is 2.53. The Morgan fingerprint density at radius 2 is 2.06 bits per heavy atom. The fourth-order valence-electron chi connectivity index (χ4n) is 1.78. The standard InChI is InChI=1S/C12H17NO4/c1-5-17-10(14)6-9-11(12(15)16-4)8(2)7-13(9)3/h7H,5-6H2,1-4H3. The quantitative estimate of drug-likeness (QED) is 0.741. The van der Waals surface area contributed by atoms with Crippen LogP contribution in [0.5, 0.6) is 0 Å². The molecule has 1 heterocycles. The number of aromatic nitrogens is 1. The van der Waals surface area contributed by atoms with Gasteiger partial charge in [-0.25, -0.2) is 4.79 Å². The predicted molar refractivity (Wildman–Crippen MR) is 61.8 cm³/mol. The van der Waals surface area contributed by atoms with Gasteiger partial charge in [-0.3, -0.25) is 4.79 Å². The van der Waals surface area contributed by atoms with Crippen LogP contribution in [0.1, 0.15) is 28.5 Å². The number of carbonyl (C=O) groups is 2. The van der Waals surface area contributed by atoms with E-state index in [0.717, 1.165) is 5.56 Å². The molecular formula is C12H17NO4. The highest BCUT2D eigenvalue weighted by Crippen LogP contribution is 2.18. The van der Waals surface area contributed by atoms with E-state index in [4.69, 9.17) is 9.47 Å². The molecule has 0 aliphatic heterocycles. The van der Waals surface area contributed by atoms with E-state index in [1.165, 1.54) is 7.11 Å². The lowest BCUT2D eigenvalue weighted by Gasteiger charge is -2.06. The van der Waals surface area contributed by atoms with Crippen LogP contribution in [0.2, 0.25) is 0 Å². The molecule has 0 saturated heterocycles. The Morgan fingerprint density at radius 3 is 2.59 bits per heavy atom. The second-order valence-corrected chi connectivity index (χ2v) is 3.72. The Morgan fingerprint density at radius 1 is 1.41 bits per heavy atom. The molecule has 94 valence electrons. The second-order valence-electron chi connectivity index (χ2n) is 3.72. The first-order valence-corrected chi connectivity index (χ1v) is 5.40. The van der Waals surface area contributed by atoms with E-state index in [1.807, 2.05) is 0 Å². The van der Waals surface area contributed by atoms with Crippen molar-refractivity contribution in [2.24, 2.45) is 7.05 Å². The lowest BCUT2D eigenvalue weighted by molar-refractivity contribution is -0.142. The number of hydrogen-bond acceptors (Lipinski definition) is 4. The first-order valence-electron chi connectivity index (χ1n) is 5.40. The van der Waals surface area contributed by atoms with Gasteiger partial charge in [-0.15, -0.1) is 0 Å². The molecule has 17 heavy (non-hydrogen) atoms. The number of esters is 2. The third-order valence-electron chi connectivity index (χ3n) is 2.50. The summed E-state index contributed by atoms with van der Waals surface area (Å²) in [5.41, 5.74) is 1.86. The normalized spacial score (nSPS) is 10.1. The van der Waals surface area contributed by atoms with Gasteiger partial charge in [0.05, 0.1) is 25.7 Å². The highest BCUT2D eigenvalue weighted by atomic mass is 16.5. The third kappa shape index (κ3) is 2.87. The lowest BCUT2D eigenvalue weighted by atomic mass is 10.1. The number of nitrogens with zero attached hydrogens (tertiary/aromatic N) is 1. The average molecular weight is 239 g/mol. The molecule has 0 saturated carbocycles. The van der Waals surface area contributed by atoms with Crippen LogP contribution in [-0.2, 0) is 27.7 Å². The first-order chi connectivity index (χ1) is 8.01. The third-order valence-corrected chi connectivity index (χ3v) is 2.50. The zero-order chi connectivity index (χ0) is 13.0. The van der Waals surface area contributed by atoms with Crippen LogP contribution in [0.3, 0.4) is 0 Å². The van der Waals surface area contributed by atoms with Crippen molar-refractivity contribution >= 4 is 11.9 Å². The minimum absolute atomic E-state index is 0.0720. The molecular weight excluding hydrogens is 222 g/mol. The zero-order valence-corrected chi connectivity index (χ0v) is 10.6. The SMILES string of the molecule is CCOC(=O)Cc1c(C(=O)OC)c(C)cn1C. The summed E-state index contributed by atoms with van der Waals surface area (Å²) in [6, 6.07) is 0. The van der Waals surface area contributed by atoms with Crippen LogP contribution in [0.25, 0.3) is 0 Å². The van der Waals surface area contributed by atoms with E-state index in [-0.39, 0.29) is 12.4 Å². The van der Waals surface area contributed by atoms with Gasteiger partial charge in [-0.1, -0.05) is 0 Å². The Balaban J connectivity index is 3.05. The van der Waals surface area contributed by atoms with Gasteiger partial charge in [0.2, 0.25) is 0 Å². The van der Waals surface area contributed by atoms with Gasteiger partial charge in [0, 0.05) is 18.9 Å². The largest absolute Gasteiger partial charge is 0.466 e. The highest BCUT2D eigenvalue weighted by molar-refractivity contribution is 5.93. The van der Waals surface area contributed by atoms with Gasteiger partial charge in [0.25, 0.3) is 0 Å². The molecule has 1 rings (SSSR count). The number of carbonyl (C=O) groups excluding carboxylic acids is 2. The van der Waals surface area contributed by atoms with Crippen LogP contribution in [0.15, 0.2) is 6.20 Å². The summed E-state index contributed by atoms with van der Waals surface area (Å²) in [4.78, 5) is 23.1. The van der Waals surface area contributed by atoms with Crippen LogP contribution in [0.4, 0.5) is 0 Å². The summed E-state index contributed by atoms with van der Waals surface area (Å²) in [6.07, 6.45) is 1.86. The molecule has 0 N–H and O–H groups in total. The smallest absolute Gasteiger partial charge is 0.339 e. The first kappa shape index (κ1) is 13.3. The van der Waals surface area contributed by atoms with Gasteiger partial charge in [-0.2, -0.15) is 0 Å². The number of rotatable bonds is 4. The Hall–Kier alpha value is -1.78. The lowest BCUT2D eigenvalue weighted by Crippen LogP contribution is -2.14.